The summed E-state index contributed by atoms with van der Waals surface area (Å²) in [5, 5.41) is 10.3. The van der Waals surface area contributed by atoms with Gasteiger partial charge in [0.05, 0.1) is 6.61 Å². The van der Waals surface area contributed by atoms with Crippen molar-refractivity contribution >= 4 is 5.96 Å². The summed E-state index contributed by atoms with van der Waals surface area (Å²) >= 11 is 0. The van der Waals surface area contributed by atoms with E-state index in [0.717, 1.165) is 37.7 Å². The van der Waals surface area contributed by atoms with Crippen LogP contribution in [0.4, 0.5) is 0 Å². The van der Waals surface area contributed by atoms with Crippen molar-refractivity contribution in [3.8, 4) is 0 Å². The lowest BCUT2D eigenvalue weighted by Gasteiger charge is -2.10. The van der Waals surface area contributed by atoms with Crippen LogP contribution in [0.2, 0.25) is 0 Å². The first-order valence-electron chi connectivity index (χ1n) is 6.93. The fourth-order valence-electron chi connectivity index (χ4n) is 1.54. The Morgan fingerprint density at radius 2 is 2.10 bits per heavy atom. The molecule has 1 aromatic heterocycles. The molecule has 1 rings (SSSR count). The Labute approximate surface area is 120 Å². The quantitative estimate of drug-likeness (QED) is 0.419. The predicted molar refractivity (Wildman–Crippen MR) is 77.9 cm³/mol. The first-order chi connectivity index (χ1) is 9.67. The summed E-state index contributed by atoms with van der Waals surface area (Å²) in [6, 6.07) is 0. The third-order valence-corrected chi connectivity index (χ3v) is 2.68. The van der Waals surface area contributed by atoms with Crippen LogP contribution < -0.4 is 10.6 Å². The molecular weight excluding hydrogens is 258 g/mol. The topological polar surface area (TPSA) is 84.6 Å². The van der Waals surface area contributed by atoms with Gasteiger partial charge in [-0.2, -0.15) is 4.98 Å². The van der Waals surface area contributed by atoms with Crippen LogP contribution in [-0.2, 0) is 11.2 Å². The molecule has 0 bridgehead atoms. The fourth-order valence-corrected chi connectivity index (χ4v) is 1.54. The Hall–Kier alpha value is -1.63. The van der Waals surface area contributed by atoms with Gasteiger partial charge in [0.15, 0.2) is 11.8 Å². The first kappa shape index (κ1) is 16.4. The van der Waals surface area contributed by atoms with E-state index in [1.54, 1.807) is 14.2 Å². The van der Waals surface area contributed by atoms with Gasteiger partial charge in [0.1, 0.15) is 0 Å². The van der Waals surface area contributed by atoms with Gasteiger partial charge in [0.25, 0.3) is 0 Å². The largest absolute Gasteiger partial charge is 0.383 e. The summed E-state index contributed by atoms with van der Waals surface area (Å²) in [7, 11) is 3.42. The number of ether oxygens (including phenoxy) is 1. The van der Waals surface area contributed by atoms with Crippen LogP contribution in [-0.4, -0.2) is 50.0 Å². The lowest BCUT2D eigenvalue weighted by molar-refractivity contribution is 0.203. The number of rotatable bonds is 8. The lowest BCUT2D eigenvalue weighted by Crippen LogP contribution is -2.39. The molecule has 0 amide bonds. The van der Waals surface area contributed by atoms with Crippen molar-refractivity contribution in [2.24, 2.45) is 4.99 Å². The van der Waals surface area contributed by atoms with E-state index in [2.05, 4.69) is 25.8 Å². The third kappa shape index (κ3) is 6.01. The molecule has 0 atom stereocenters. The van der Waals surface area contributed by atoms with Crippen LogP contribution >= 0.6 is 0 Å². The number of hydrogen-bond acceptors (Lipinski definition) is 5. The number of guanidine groups is 1. The molecule has 0 unspecified atom stereocenters. The Kier molecular flexibility index (Phi) is 7.64. The van der Waals surface area contributed by atoms with E-state index in [4.69, 9.17) is 9.26 Å². The van der Waals surface area contributed by atoms with Crippen LogP contribution in [0.1, 0.15) is 37.9 Å². The first-order valence-corrected chi connectivity index (χ1v) is 6.93. The molecule has 0 fully saturated rings. The third-order valence-electron chi connectivity index (χ3n) is 2.68. The average Bonchev–Trinajstić information content (AvgIpc) is 2.90. The van der Waals surface area contributed by atoms with Crippen LogP contribution in [0.5, 0.6) is 0 Å². The number of hydrogen-bond donors (Lipinski definition) is 2. The average molecular weight is 283 g/mol. The number of aromatic nitrogens is 2. The molecule has 0 saturated heterocycles. The number of aryl methyl sites for hydroxylation is 1. The van der Waals surface area contributed by atoms with Gasteiger partial charge in [-0.25, -0.2) is 0 Å². The number of nitrogens with one attached hydrogen (secondary N) is 2. The molecule has 0 aliphatic heterocycles. The van der Waals surface area contributed by atoms with E-state index in [0.29, 0.717) is 18.4 Å². The SMILES string of the molecule is CN=C(NCCCc1nc(C(C)C)no1)NCCOC. The van der Waals surface area contributed by atoms with Crippen molar-refractivity contribution in [3.63, 3.8) is 0 Å². The highest BCUT2D eigenvalue weighted by Crippen LogP contribution is 2.10. The summed E-state index contributed by atoms with van der Waals surface area (Å²) in [5.41, 5.74) is 0. The summed E-state index contributed by atoms with van der Waals surface area (Å²) in [5.74, 6) is 2.53. The summed E-state index contributed by atoms with van der Waals surface area (Å²) in [6.45, 7) is 6.28. The van der Waals surface area contributed by atoms with Gasteiger partial charge < -0.3 is 19.9 Å². The second kappa shape index (κ2) is 9.30. The smallest absolute Gasteiger partial charge is 0.226 e. The van der Waals surface area contributed by atoms with E-state index < -0.39 is 0 Å². The predicted octanol–water partition coefficient (Wildman–Crippen LogP) is 0.937. The molecule has 1 aromatic rings. The number of aliphatic imine (C=N–C) groups is 1. The molecule has 0 aromatic carbocycles. The Balaban J connectivity index is 2.19. The van der Waals surface area contributed by atoms with Crippen molar-refractivity contribution in [2.45, 2.75) is 32.6 Å². The molecule has 20 heavy (non-hydrogen) atoms. The van der Waals surface area contributed by atoms with Crippen molar-refractivity contribution in [2.75, 3.05) is 33.9 Å². The summed E-state index contributed by atoms with van der Waals surface area (Å²) < 4.78 is 10.2. The van der Waals surface area contributed by atoms with Crippen LogP contribution in [0.25, 0.3) is 0 Å². The van der Waals surface area contributed by atoms with Crippen molar-refractivity contribution < 1.29 is 9.26 Å². The zero-order chi connectivity index (χ0) is 14.8. The van der Waals surface area contributed by atoms with Crippen molar-refractivity contribution in [1.29, 1.82) is 0 Å². The highest BCUT2D eigenvalue weighted by Gasteiger charge is 2.09. The van der Waals surface area contributed by atoms with Gasteiger partial charge in [0, 0.05) is 39.6 Å². The maximum absolute atomic E-state index is 5.19. The van der Waals surface area contributed by atoms with E-state index in [9.17, 15) is 0 Å². The van der Waals surface area contributed by atoms with Gasteiger partial charge in [-0.05, 0) is 6.42 Å². The molecule has 0 aliphatic carbocycles. The van der Waals surface area contributed by atoms with E-state index in [-0.39, 0.29) is 0 Å². The van der Waals surface area contributed by atoms with Gasteiger partial charge in [-0.15, -0.1) is 0 Å². The molecule has 1 heterocycles. The zero-order valence-corrected chi connectivity index (χ0v) is 12.8. The van der Waals surface area contributed by atoms with Gasteiger partial charge in [-0.3, -0.25) is 4.99 Å². The fraction of sp³-hybridized carbons (Fsp3) is 0.769. The standard InChI is InChI=1S/C13H25N5O2/c1-10(2)12-17-11(20-18-12)6-5-7-15-13(14-3)16-8-9-19-4/h10H,5-9H2,1-4H3,(H2,14,15,16). The van der Waals surface area contributed by atoms with Gasteiger partial charge in [-0.1, -0.05) is 19.0 Å². The minimum absolute atomic E-state index is 0.300. The van der Waals surface area contributed by atoms with Crippen molar-refractivity contribution in [3.05, 3.63) is 11.7 Å². The molecular formula is C13H25N5O2. The second-order valence-corrected chi connectivity index (χ2v) is 4.72. The molecule has 0 saturated carbocycles. The minimum Gasteiger partial charge on any atom is -0.383 e. The maximum Gasteiger partial charge on any atom is 0.226 e. The minimum atomic E-state index is 0.300. The molecule has 114 valence electrons. The normalized spacial score (nSPS) is 11.9. The number of nitrogens with zero attached hydrogens (tertiary/aromatic N) is 3. The van der Waals surface area contributed by atoms with Gasteiger partial charge >= 0.3 is 0 Å². The second-order valence-electron chi connectivity index (χ2n) is 4.72. The maximum atomic E-state index is 5.19. The molecule has 0 aliphatic rings. The molecule has 0 spiro atoms. The van der Waals surface area contributed by atoms with Crippen molar-refractivity contribution in [1.82, 2.24) is 20.8 Å². The van der Waals surface area contributed by atoms with Crippen LogP contribution in [0.3, 0.4) is 0 Å². The highest BCUT2D eigenvalue weighted by molar-refractivity contribution is 5.79. The highest BCUT2D eigenvalue weighted by atomic mass is 16.5. The lowest BCUT2D eigenvalue weighted by atomic mass is 10.2. The molecule has 2 N–H and O–H groups in total. The van der Waals surface area contributed by atoms with E-state index in [1.807, 2.05) is 13.8 Å². The van der Waals surface area contributed by atoms with Crippen LogP contribution in [0.15, 0.2) is 9.52 Å². The Morgan fingerprint density at radius 3 is 2.70 bits per heavy atom. The zero-order valence-electron chi connectivity index (χ0n) is 12.8. The molecule has 7 nitrogen and oxygen atoms in total. The Morgan fingerprint density at radius 1 is 1.35 bits per heavy atom. The summed E-state index contributed by atoms with van der Waals surface area (Å²) in [4.78, 5) is 8.46. The Bertz CT molecular complexity index is 403. The van der Waals surface area contributed by atoms with E-state index in [1.165, 1.54) is 0 Å². The summed E-state index contributed by atoms with van der Waals surface area (Å²) in [6.07, 6.45) is 1.67. The van der Waals surface area contributed by atoms with Gasteiger partial charge in [0.2, 0.25) is 5.89 Å². The molecule has 7 heteroatoms. The van der Waals surface area contributed by atoms with Crippen LogP contribution in [0, 0.1) is 0 Å². The number of methoxy groups -OCH3 is 1. The molecule has 0 radical (unpaired) electrons. The monoisotopic (exact) mass is 283 g/mol. The van der Waals surface area contributed by atoms with E-state index >= 15 is 0 Å².